The second-order valence-electron chi connectivity index (χ2n) is 6.55. The third-order valence-corrected chi connectivity index (χ3v) is 4.77. The van der Waals surface area contributed by atoms with Gasteiger partial charge in [-0.15, -0.1) is 11.3 Å². The molecular formula is C18H24N2O2S. The summed E-state index contributed by atoms with van der Waals surface area (Å²) in [6.07, 6.45) is 1.74. The van der Waals surface area contributed by atoms with Gasteiger partial charge in [0.15, 0.2) is 0 Å². The maximum Gasteiger partial charge on any atom is 0.251 e. The molecule has 1 heterocycles. The van der Waals surface area contributed by atoms with Gasteiger partial charge in [-0.3, -0.25) is 4.79 Å². The van der Waals surface area contributed by atoms with Crippen molar-refractivity contribution in [1.82, 2.24) is 10.3 Å². The largest absolute Gasteiger partial charge is 0.396 e. The molecule has 0 saturated carbocycles. The number of nitrogens with one attached hydrogen (secondary N) is 1. The predicted molar refractivity (Wildman–Crippen MR) is 94.7 cm³/mol. The van der Waals surface area contributed by atoms with Gasteiger partial charge >= 0.3 is 0 Å². The first-order valence-corrected chi connectivity index (χ1v) is 8.71. The Bertz CT molecular complexity index is 647. The summed E-state index contributed by atoms with van der Waals surface area (Å²) in [5, 5.41) is 15.1. The van der Waals surface area contributed by atoms with E-state index in [0.717, 1.165) is 29.1 Å². The molecule has 0 atom stereocenters. The van der Waals surface area contributed by atoms with Crippen LogP contribution < -0.4 is 5.32 Å². The van der Waals surface area contributed by atoms with Gasteiger partial charge in [0.25, 0.3) is 5.91 Å². The van der Waals surface area contributed by atoms with E-state index in [4.69, 9.17) is 0 Å². The normalized spacial score (nSPS) is 11.5. The molecule has 0 unspecified atom stereocenters. The third-order valence-electron chi connectivity index (χ3n) is 3.76. The summed E-state index contributed by atoms with van der Waals surface area (Å²) in [6, 6.07) is 7.53. The number of amides is 1. The summed E-state index contributed by atoms with van der Waals surface area (Å²) in [5.74, 6) is -0.0614. The Morgan fingerprint density at radius 1 is 1.30 bits per heavy atom. The number of aromatic nitrogens is 1. The molecule has 0 aliphatic heterocycles. The van der Waals surface area contributed by atoms with E-state index in [-0.39, 0.29) is 17.9 Å². The second-order valence-corrected chi connectivity index (χ2v) is 7.41. The molecule has 2 rings (SSSR count). The SMILES string of the molecule is Cc1csc(-c2ccc(C(=O)NCCCC(C)(C)CO)cc2)n1. The lowest BCUT2D eigenvalue weighted by Crippen LogP contribution is -2.26. The molecule has 1 amide bonds. The zero-order valence-electron chi connectivity index (χ0n) is 13.9. The minimum atomic E-state index is -0.0851. The quantitative estimate of drug-likeness (QED) is 0.761. The maximum absolute atomic E-state index is 12.1. The Morgan fingerprint density at radius 2 is 2.00 bits per heavy atom. The van der Waals surface area contributed by atoms with Crippen LogP contribution in [0.1, 0.15) is 42.7 Å². The number of carbonyl (C=O) groups excluding carboxylic acids is 1. The topological polar surface area (TPSA) is 62.2 Å². The van der Waals surface area contributed by atoms with Gasteiger partial charge in [-0.25, -0.2) is 4.98 Å². The molecule has 124 valence electrons. The molecule has 23 heavy (non-hydrogen) atoms. The van der Waals surface area contributed by atoms with Crippen molar-refractivity contribution in [2.45, 2.75) is 33.6 Å². The van der Waals surface area contributed by atoms with E-state index < -0.39 is 0 Å². The van der Waals surface area contributed by atoms with E-state index in [0.29, 0.717) is 12.1 Å². The zero-order valence-corrected chi connectivity index (χ0v) is 14.7. The first kappa shape index (κ1) is 17.6. The summed E-state index contributed by atoms with van der Waals surface area (Å²) in [6.45, 7) is 6.80. The van der Waals surface area contributed by atoms with Crippen LogP contribution in [-0.2, 0) is 0 Å². The summed E-state index contributed by atoms with van der Waals surface area (Å²) in [4.78, 5) is 16.6. The fraction of sp³-hybridized carbons (Fsp3) is 0.444. The van der Waals surface area contributed by atoms with Crippen molar-refractivity contribution in [1.29, 1.82) is 0 Å². The minimum Gasteiger partial charge on any atom is -0.396 e. The number of rotatable bonds is 7. The zero-order chi connectivity index (χ0) is 16.9. The van der Waals surface area contributed by atoms with Crippen LogP contribution in [0.3, 0.4) is 0 Å². The molecule has 0 fully saturated rings. The van der Waals surface area contributed by atoms with E-state index in [9.17, 15) is 9.90 Å². The molecule has 0 aliphatic carbocycles. The lowest BCUT2D eigenvalue weighted by atomic mass is 9.89. The van der Waals surface area contributed by atoms with Gasteiger partial charge in [-0.2, -0.15) is 0 Å². The number of aliphatic hydroxyl groups is 1. The van der Waals surface area contributed by atoms with E-state index in [2.05, 4.69) is 10.3 Å². The van der Waals surface area contributed by atoms with Gasteiger partial charge in [0.2, 0.25) is 0 Å². The molecule has 0 spiro atoms. The van der Waals surface area contributed by atoms with Crippen LogP contribution in [0.4, 0.5) is 0 Å². The van der Waals surface area contributed by atoms with Crippen LogP contribution in [0, 0.1) is 12.3 Å². The van der Waals surface area contributed by atoms with Crippen molar-refractivity contribution in [2.24, 2.45) is 5.41 Å². The number of hydrogen-bond donors (Lipinski definition) is 2. The van der Waals surface area contributed by atoms with Crippen molar-refractivity contribution >= 4 is 17.2 Å². The fourth-order valence-corrected chi connectivity index (χ4v) is 3.00. The van der Waals surface area contributed by atoms with Gasteiger partial charge in [0, 0.05) is 35.4 Å². The van der Waals surface area contributed by atoms with E-state index in [1.54, 1.807) is 11.3 Å². The standard InChI is InChI=1S/C18H24N2O2S/c1-13-11-23-17(20-13)15-7-5-14(6-8-15)16(22)19-10-4-9-18(2,3)12-21/h5-8,11,21H,4,9-10,12H2,1-3H3,(H,19,22). The first-order chi connectivity index (χ1) is 10.9. The smallest absolute Gasteiger partial charge is 0.251 e. The van der Waals surface area contributed by atoms with Crippen LogP contribution in [0.15, 0.2) is 29.6 Å². The average Bonchev–Trinajstić information content (AvgIpc) is 2.98. The third kappa shape index (κ3) is 5.15. The number of aliphatic hydroxyl groups excluding tert-OH is 1. The van der Waals surface area contributed by atoms with Crippen molar-refractivity contribution in [2.75, 3.05) is 13.2 Å². The van der Waals surface area contributed by atoms with Gasteiger partial charge in [-0.05, 0) is 37.3 Å². The second kappa shape index (κ2) is 7.70. The summed E-state index contributed by atoms with van der Waals surface area (Å²) in [7, 11) is 0. The monoisotopic (exact) mass is 332 g/mol. The lowest BCUT2D eigenvalue weighted by molar-refractivity contribution is 0.0948. The molecule has 2 N–H and O–H groups in total. The molecular weight excluding hydrogens is 308 g/mol. The highest BCUT2D eigenvalue weighted by Crippen LogP contribution is 2.24. The predicted octanol–water partition coefficient (Wildman–Crippen LogP) is 3.65. The van der Waals surface area contributed by atoms with Crippen LogP contribution in [0.25, 0.3) is 10.6 Å². The van der Waals surface area contributed by atoms with Gasteiger partial charge in [0.05, 0.1) is 0 Å². The molecule has 0 saturated heterocycles. The van der Waals surface area contributed by atoms with Gasteiger partial charge in [0.1, 0.15) is 5.01 Å². The molecule has 0 aliphatic rings. The maximum atomic E-state index is 12.1. The number of carbonyl (C=O) groups is 1. The summed E-state index contributed by atoms with van der Waals surface area (Å²) >= 11 is 1.61. The summed E-state index contributed by atoms with van der Waals surface area (Å²) < 4.78 is 0. The number of thiazole rings is 1. The molecule has 0 bridgehead atoms. The van der Waals surface area contributed by atoms with E-state index >= 15 is 0 Å². The Kier molecular flexibility index (Phi) is 5.91. The Morgan fingerprint density at radius 3 is 2.57 bits per heavy atom. The summed E-state index contributed by atoms with van der Waals surface area (Å²) in [5.41, 5.74) is 2.61. The Balaban J connectivity index is 1.86. The van der Waals surface area contributed by atoms with Crippen LogP contribution in [-0.4, -0.2) is 29.1 Å². The van der Waals surface area contributed by atoms with Crippen LogP contribution in [0.5, 0.6) is 0 Å². The molecule has 2 aromatic rings. The van der Waals surface area contributed by atoms with E-state index in [1.807, 2.05) is 50.4 Å². The van der Waals surface area contributed by atoms with Crippen molar-refractivity contribution in [3.63, 3.8) is 0 Å². The van der Waals surface area contributed by atoms with Gasteiger partial charge in [-0.1, -0.05) is 26.0 Å². The molecule has 1 aromatic carbocycles. The Labute approximate surface area is 141 Å². The molecule has 0 radical (unpaired) electrons. The van der Waals surface area contributed by atoms with Crippen molar-refractivity contribution in [3.05, 3.63) is 40.9 Å². The van der Waals surface area contributed by atoms with Crippen molar-refractivity contribution < 1.29 is 9.90 Å². The van der Waals surface area contributed by atoms with Gasteiger partial charge < -0.3 is 10.4 Å². The highest BCUT2D eigenvalue weighted by Gasteiger charge is 2.15. The van der Waals surface area contributed by atoms with Crippen molar-refractivity contribution in [3.8, 4) is 10.6 Å². The fourth-order valence-electron chi connectivity index (χ4n) is 2.20. The molecule has 5 heteroatoms. The Hall–Kier alpha value is -1.72. The minimum absolute atomic E-state index is 0.0614. The number of aryl methyl sites for hydroxylation is 1. The lowest BCUT2D eigenvalue weighted by Gasteiger charge is -2.21. The van der Waals surface area contributed by atoms with Crippen LogP contribution in [0.2, 0.25) is 0 Å². The first-order valence-electron chi connectivity index (χ1n) is 7.83. The molecule has 4 nitrogen and oxygen atoms in total. The average molecular weight is 332 g/mol. The van der Waals surface area contributed by atoms with E-state index in [1.165, 1.54) is 0 Å². The highest BCUT2D eigenvalue weighted by molar-refractivity contribution is 7.13. The number of nitrogens with zero attached hydrogens (tertiary/aromatic N) is 1. The number of benzene rings is 1. The molecule has 1 aromatic heterocycles. The number of hydrogen-bond acceptors (Lipinski definition) is 4. The van der Waals surface area contributed by atoms with Crippen LogP contribution >= 0.6 is 11.3 Å². The highest BCUT2D eigenvalue weighted by atomic mass is 32.1.